The number of benzene rings is 1. The van der Waals surface area contributed by atoms with Crippen LogP contribution < -0.4 is 8.29 Å². The van der Waals surface area contributed by atoms with Crippen LogP contribution in [0.5, 0.6) is 0 Å². The molecule has 0 spiro atoms. The Morgan fingerprint density at radius 2 is 1.62 bits per heavy atom. The number of pyridine rings is 1. The summed E-state index contributed by atoms with van der Waals surface area (Å²) in [7, 11) is 0. The molecule has 1 heterocycles. The van der Waals surface area contributed by atoms with E-state index >= 15 is 0 Å². The summed E-state index contributed by atoms with van der Waals surface area (Å²) in [4.78, 5) is 4.33. The van der Waals surface area contributed by atoms with Gasteiger partial charge in [0.05, 0.1) is 0 Å². The molecule has 0 bridgehead atoms. The Bertz CT molecular complexity index is 321. The van der Waals surface area contributed by atoms with Gasteiger partial charge in [-0.15, -0.1) is 0 Å². The molecule has 0 amide bonds. The zero-order chi connectivity index (χ0) is 8.93. The van der Waals surface area contributed by atoms with Gasteiger partial charge in [-0.3, -0.25) is 0 Å². The standard InChI is InChI=1S/C6H5.C5H4N.Ir/c2*1-2-4-6-5-3-1;/h1-5H;1-4H;. The van der Waals surface area contributed by atoms with Gasteiger partial charge in [0.15, 0.2) is 0 Å². The van der Waals surface area contributed by atoms with Crippen LogP contribution in [0.4, 0.5) is 0 Å². The van der Waals surface area contributed by atoms with Gasteiger partial charge in [-0.2, -0.15) is 0 Å². The Balaban J connectivity index is 2.16. The summed E-state index contributed by atoms with van der Waals surface area (Å²) in [5, 5.41) is 0. The van der Waals surface area contributed by atoms with Crippen molar-refractivity contribution in [3.63, 3.8) is 0 Å². The Morgan fingerprint density at radius 3 is 2.31 bits per heavy atom. The zero-order valence-corrected chi connectivity index (χ0v) is 9.37. The van der Waals surface area contributed by atoms with Gasteiger partial charge in [-0.25, -0.2) is 0 Å². The molecule has 0 aliphatic rings. The molecular formula is C11H9IrN. The first kappa shape index (κ1) is 8.61. The average Bonchev–Trinajstić information content (AvgIpc) is 2.21. The van der Waals surface area contributed by atoms with Crippen LogP contribution in [0.2, 0.25) is 0 Å². The van der Waals surface area contributed by atoms with E-state index in [0.29, 0.717) is 0 Å². The van der Waals surface area contributed by atoms with E-state index < -0.39 is 0 Å². The van der Waals surface area contributed by atoms with Crippen molar-refractivity contribution in [3.8, 4) is 0 Å². The third kappa shape index (κ3) is 2.48. The van der Waals surface area contributed by atoms with Crippen LogP contribution in [0.25, 0.3) is 0 Å². The Labute approximate surface area is 85.8 Å². The normalized spacial score (nSPS) is 10.2. The monoisotopic (exact) mass is 348 g/mol. The van der Waals surface area contributed by atoms with Gasteiger partial charge in [0.1, 0.15) is 0 Å². The van der Waals surface area contributed by atoms with Crippen molar-refractivity contribution in [1.29, 1.82) is 0 Å². The van der Waals surface area contributed by atoms with Crippen LogP contribution in [0.1, 0.15) is 0 Å². The van der Waals surface area contributed by atoms with Gasteiger partial charge in [-0.1, -0.05) is 0 Å². The molecule has 2 rings (SSSR count). The minimum absolute atomic E-state index is 0.219. The van der Waals surface area contributed by atoms with Crippen LogP contribution in [0, 0.1) is 0 Å². The molecule has 67 valence electrons. The summed E-state index contributed by atoms with van der Waals surface area (Å²) < 4.78 is 2.68. The first-order valence-corrected chi connectivity index (χ1v) is 6.41. The molecule has 1 aromatic carbocycles. The predicted octanol–water partition coefficient (Wildman–Crippen LogP) is 1.11. The van der Waals surface area contributed by atoms with Crippen LogP contribution in [-0.2, 0) is 17.7 Å². The third-order valence-electron chi connectivity index (χ3n) is 1.52. The number of hydrogen-bond donors (Lipinski definition) is 0. The second kappa shape index (κ2) is 4.31. The van der Waals surface area contributed by atoms with Gasteiger partial charge in [0, 0.05) is 0 Å². The predicted molar refractivity (Wildman–Crippen MR) is 49.9 cm³/mol. The summed E-state index contributed by atoms with van der Waals surface area (Å²) in [6, 6.07) is 16.7. The van der Waals surface area contributed by atoms with Crippen molar-refractivity contribution >= 4 is 8.29 Å². The van der Waals surface area contributed by atoms with Crippen molar-refractivity contribution in [1.82, 2.24) is 4.98 Å². The van der Waals surface area contributed by atoms with Gasteiger partial charge in [0.25, 0.3) is 0 Å². The van der Waals surface area contributed by atoms with Gasteiger partial charge in [0.2, 0.25) is 0 Å². The van der Waals surface area contributed by atoms with Crippen LogP contribution in [0.15, 0.2) is 54.7 Å². The van der Waals surface area contributed by atoms with Crippen molar-refractivity contribution in [3.05, 3.63) is 54.7 Å². The Kier molecular flexibility index (Phi) is 2.86. The summed E-state index contributed by atoms with van der Waals surface area (Å²) in [5.74, 6) is 0. The Morgan fingerprint density at radius 1 is 0.846 bits per heavy atom. The van der Waals surface area contributed by atoms with Gasteiger partial charge >= 0.3 is 85.7 Å². The molecule has 2 heteroatoms. The summed E-state index contributed by atoms with van der Waals surface area (Å²) in [5.41, 5.74) is 0. The van der Waals surface area contributed by atoms with Crippen LogP contribution >= 0.6 is 0 Å². The van der Waals surface area contributed by atoms with E-state index in [0.717, 1.165) is 0 Å². The van der Waals surface area contributed by atoms with E-state index in [-0.39, 0.29) is 17.7 Å². The molecule has 0 saturated heterocycles. The molecule has 0 N–H and O–H groups in total. The Hall–Kier alpha value is -0.981. The number of nitrogens with zero attached hydrogens (tertiary/aromatic N) is 1. The molecular weight excluding hydrogens is 338 g/mol. The number of hydrogen-bond acceptors (Lipinski definition) is 1. The van der Waals surface area contributed by atoms with E-state index in [2.05, 4.69) is 41.4 Å². The second-order valence-electron chi connectivity index (χ2n) is 2.48. The molecule has 0 aliphatic heterocycles. The molecule has 0 fully saturated rings. The summed E-state index contributed by atoms with van der Waals surface area (Å²) in [6.45, 7) is 0. The van der Waals surface area contributed by atoms with Crippen LogP contribution in [-0.4, -0.2) is 4.98 Å². The maximum absolute atomic E-state index is 4.33. The first-order valence-electron chi connectivity index (χ1n) is 4.01. The van der Waals surface area contributed by atoms with Gasteiger partial charge < -0.3 is 0 Å². The topological polar surface area (TPSA) is 12.9 Å². The maximum atomic E-state index is 4.33. The van der Waals surface area contributed by atoms with Crippen molar-refractivity contribution in [2.75, 3.05) is 0 Å². The summed E-state index contributed by atoms with van der Waals surface area (Å²) in [6.07, 6.45) is 1.86. The fourth-order valence-corrected chi connectivity index (χ4v) is 3.28. The molecule has 1 nitrogen and oxygen atoms in total. The number of rotatable bonds is 2. The zero-order valence-electron chi connectivity index (χ0n) is 6.98. The SMILES string of the molecule is c1cc[c]([Ir][c]2ccccn2)cc1. The van der Waals surface area contributed by atoms with E-state index in [1.54, 1.807) is 0 Å². The van der Waals surface area contributed by atoms with E-state index in [9.17, 15) is 0 Å². The first-order chi connectivity index (χ1) is 6.45. The molecule has 0 saturated carbocycles. The van der Waals surface area contributed by atoms with Gasteiger partial charge in [-0.05, 0) is 0 Å². The van der Waals surface area contributed by atoms with E-state index in [1.165, 1.54) is 8.29 Å². The molecule has 1 aromatic heterocycles. The molecule has 2 aromatic rings. The third-order valence-corrected chi connectivity index (χ3v) is 4.33. The molecule has 0 atom stereocenters. The van der Waals surface area contributed by atoms with Crippen molar-refractivity contribution < 1.29 is 17.7 Å². The molecule has 0 radical (unpaired) electrons. The fourth-order valence-electron chi connectivity index (χ4n) is 0.944. The van der Waals surface area contributed by atoms with E-state index in [4.69, 9.17) is 0 Å². The molecule has 0 aliphatic carbocycles. The van der Waals surface area contributed by atoms with Crippen LogP contribution in [0.3, 0.4) is 0 Å². The second-order valence-corrected chi connectivity index (χ2v) is 5.69. The molecule has 13 heavy (non-hydrogen) atoms. The average molecular weight is 347 g/mol. The number of aromatic nitrogens is 1. The van der Waals surface area contributed by atoms with E-state index in [1.807, 2.05) is 18.3 Å². The van der Waals surface area contributed by atoms with Crippen molar-refractivity contribution in [2.24, 2.45) is 0 Å². The fraction of sp³-hybridized carbons (Fsp3) is 0. The molecule has 0 unspecified atom stereocenters. The quantitative estimate of drug-likeness (QED) is 0.793. The van der Waals surface area contributed by atoms with Crippen molar-refractivity contribution in [2.45, 2.75) is 0 Å². The summed E-state index contributed by atoms with van der Waals surface area (Å²) >= 11 is -0.219. The minimum atomic E-state index is -0.219.